The maximum atomic E-state index is 12.3. The summed E-state index contributed by atoms with van der Waals surface area (Å²) < 4.78 is 13.5. The van der Waals surface area contributed by atoms with E-state index in [-0.39, 0.29) is 5.82 Å². The number of hydrogen-bond acceptors (Lipinski definition) is 4. The Labute approximate surface area is 67.4 Å². The highest BCUT2D eigenvalue weighted by molar-refractivity contribution is 5.64. The van der Waals surface area contributed by atoms with E-state index in [4.69, 9.17) is 5.73 Å². The van der Waals surface area contributed by atoms with Gasteiger partial charge in [0.05, 0.1) is 0 Å². The van der Waals surface area contributed by atoms with Crippen molar-refractivity contribution in [3.63, 3.8) is 0 Å². The summed E-state index contributed by atoms with van der Waals surface area (Å²) in [6.45, 7) is -0.678. The summed E-state index contributed by atoms with van der Waals surface area (Å²) in [5.41, 5.74) is 5.91. The van der Waals surface area contributed by atoms with Gasteiger partial charge in [0.15, 0.2) is 18.4 Å². The van der Waals surface area contributed by atoms with Crippen molar-refractivity contribution in [3.05, 3.63) is 12.7 Å². The molecule has 0 spiro atoms. The maximum absolute atomic E-state index is 12.3. The zero-order valence-electron chi connectivity index (χ0n) is 6.11. The Balaban J connectivity index is 2.71. The lowest BCUT2D eigenvalue weighted by molar-refractivity contribution is 0.374. The Bertz CT molecular complexity index is 370. The number of aromatic nitrogens is 4. The van der Waals surface area contributed by atoms with Gasteiger partial charge >= 0.3 is 0 Å². The van der Waals surface area contributed by atoms with Crippen LogP contribution >= 0.6 is 0 Å². The number of nitrogen functional groups attached to an aromatic ring is 1. The average Bonchev–Trinajstić information content (AvgIpc) is 2.54. The molecule has 0 saturated heterocycles. The second-order valence-electron chi connectivity index (χ2n) is 2.27. The van der Waals surface area contributed by atoms with Crippen molar-refractivity contribution in [2.75, 3.05) is 5.73 Å². The summed E-state index contributed by atoms with van der Waals surface area (Å²) in [5, 5.41) is 0. The van der Waals surface area contributed by atoms with E-state index >= 15 is 0 Å². The molecule has 0 aromatic heterocycles. The van der Waals surface area contributed by atoms with Gasteiger partial charge in [-0.1, -0.05) is 0 Å². The van der Waals surface area contributed by atoms with Gasteiger partial charge in [-0.05, 0) is 0 Å². The first-order chi connectivity index (χ1) is 5.83. The molecule has 0 saturated carbocycles. The van der Waals surface area contributed by atoms with Crippen LogP contribution in [0.1, 0.15) is 0 Å². The third kappa shape index (κ3) is 0.810. The van der Waals surface area contributed by atoms with Crippen LogP contribution in [-0.4, -0.2) is 19.5 Å². The summed E-state index contributed by atoms with van der Waals surface area (Å²) >= 11 is 0. The number of halogens is 1. The lowest BCUT2D eigenvalue weighted by Gasteiger charge is -2.05. The molecule has 0 aromatic carbocycles. The van der Waals surface area contributed by atoms with Gasteiger partial charge in [0.1, 0.15) is 18.3 Å². The highest BCUT2D eigenvalue weighted by Crippen LogP contribution is 2.20. The van der Waals surface area contributed by atoms with Gasteiger partial charge in [-0.3, -0.25) is 4.57 Å². The molecule has 0 radical (unpaired) electrons. The summed E-state index contributed by atoms with van der Waals surface area (Å²) in [5.74, 6) is 0.692. The predicted molar refractivity (Wildman–Crippen MR) is 40.0 cm³/mol. The van der Waals surface area contributed by atoms with Crippen LogP contribution in [-0.2, 0) is 6.80 Å². The summed E-state index contributed by atoms with van der Waals surface area (Å²) in [4.78, 5) is 11.4. The largest absolute Gasteiger partial charge is 0.382 e. The first-order valence-corrected chi connectivity index (χ1v) is 3.30. The normalized spacial score (nSPS) is 10.8. The molecule has 5 nitrogen and oxygen atoms in total. The van der Waals surface area contributed by atoms with Crippen LogP contribution in [0.15, 0.2) is 12.7 Å². The number of fused-ring (bicyclic) bond motifs is 1. The number of rotatable bonds is 1. The lowest BCUT2D eigenvalue weighted by Crippen LogP contribution is -2.06. The van der Waals surface area contributed by atoms with E-state index in [1.54, 1.807) is 0 Å². The molecule has 0 unspecified atom stereocenters. The Hall–Kier alpha value is -1.72. The number of imidazole rings is 1. The standard InChI is InChI=1S/C6H6FN5/c7-1-12-3-11-5(8)4-6(12)10-2-9-4/h2-3H,1,8H2. The van der Waals surface area contributed by atoms with Crippen molar-refractivity contribution in [1.82, 2.24) is 19.5 Å². The molecule has 0 aromatic rings. The molecule has 2 aliphatic rings. The van der Waals surface area contributed by atoms with E-state index in [0.717, 1.165) is 0 Å². The second-order valence-corrected chi connectivity index (χ2v) is 2.27. The molecular formula is C6H6FN5. The zero-order chi connectivity index (χ0) is 8.55. The van der Waals surface area contributed by atoms with Crippen LogP contribution in [0.3, 0.4) is 0 Å². The molecule has 0 atom stereocenters. The average molecular weight is 167 g/mol. The van der Waals surface area contributed by atoms with Gasteiger partial charge in [-0.2, -0.15) is 0 Å². The fourth-order valence-electron chi connectivity index (χ4n) is 0.986. The van der Waals surface area contributed by atoms with Crippen molar-refractivity contribution in [2.45, 2.75) is 6.80 Å². The van der Waals surface area contributed by atoms with E-state index in [2.05, 4.69) is 15.0 Å². The minimum absolute atomic E-state index is 0.271. The monoisotopic (exact) mass is 167 g/mol. The number of nitrogens with zero attached hydrogens (tertiary/aromatic N) is 4. The molecule has 0 aliphatic carbocycles. The second kappa shape index (κ2) is 2.40. The molecule has 0 bridgehead atoms. The first kappa shape index (κ1) is 6.96. The van der Waals surface area contributed by atoms with Crippen molar-refractivity contribution in [2.24, 2.45) is 0 Å². The molecule has 6 heteroatoms. The minimum atomic E-state index is -0.678. The van der Waals surface area contributed by atoms with E-state index in [9.17, 15) is 4.39 Å². The summed E-state index contributed by atoms with van der Waals surface area (Å²) in [6, 6.07) is 0. The SMILES string of the molecule is Nc1ncn(CF)c2ncnc1-2. The maximum Gasteiger partial charge on any atom is 0.168 e. The van der Waals surface area contributed by atoms with Gasteiger partial charge < -0.3 is 5.73 Å². The highest BCUT2D eigenvalue weighted by Gasteiger charge is 2.13. The van der Waals surface area contributed by atoms with Gasteiger partial charge in [-0.15, -0.1) is 0 Å². The first-order valence-electron chi connectivity index (χ1n) is 3.30. The van der Waals surface area contributed by atoms with Gasteiger partial charge in [0, 0.05) is 0 Å². The van der Waals surface area contributed by atoms with Gasteiger partial charge in [0.2, 0.25) is 0 Å². The van der Waals surface area contributed by atoms with Crippen molar-refractivity contribution in [3.8, 4) is 11.5 Å². The lowest BCUT2D eigenvalue weighted by atomic mass is 10.4. The fourth-order valence-corrected chi connectivity index (χ4v) is 0.986. The van der Waals surface area contributed by atoms with Gasteiger partial charge in [-0.25, -0.2) is 19.3 Å². The van der Waals surface area contributed by atoms with Crippen molar-refractivity contribution in [1.29, 1.82) is 0 Å². The van der Waals surface area contributed by atoms with E-state index in [1.807, 2.05) is 0 Å². The minimum Gasteiger partial charge on any atom is -0.382 e. The van der Waals surface area contributed by atoms with Crippen molar-refractivity contribution < 1.29 is 4.39 Å². The topological polar surface area (TPSA) is 69.6 Å². The third-order valence-corrected chi connectivity index (χ3v) is 1.56. The van der Waals surface area contributed by atoms with E-state index < -0.39 is 6.80 Å². The van der Waals surface area contributed by atoms with Crippen LogP contribution in [0.2, 0.25) is 0 Å². The van der Waals surface area contributed by atoms with Crippen LogP contribution < -0.4 is 5.73 Å². The number of hydrogen-bond donors (Lipinski definition) is 1. The summed E-state index contributed by atoms with van der Waals surface area (Å²) in [6.07, 6.45) is 2.63. The Kier molecular flexibility index (Phi) is 1.39. The quantitative estimate of drug-likeness (QED) is 0.662. The van der Waals surface area contributed by atoms with Gasteiger partial charge in [0.25, 0.3) is 0 Å². The molecule has 0 amide bonds. The highest BCUT2D eigenvalue weighted by atomic mass is 19.1. The van der Waals surface area contributed by atoms with Crippen LogP contribution in [0.4, 0.5) is 10.2 Å². The van der Waals surface area contributed by atoms with Crippen LogP contribution in [0, 0.1) is 0 Å². The Morgan fingerprint density at radius 3 is 3.00 bits per heavy atom. The third-order valence-electron chi connectivity index (χ3n) is 1.56. The molecule has 2 rings (SSSR count). The zero-order valence-corrected chi connectivity index (χ0v) is 6.11. The molecule has 62 valence electrons. The molecular weight excluding hydrogens is 161 g/mol. The number of anilines is 1. The van der Waals surface area contributed by atoms with Crippen LogP contribution in [0.25, 0.3) is 11.5 Å². The molecule has 2 heterocycles. The summed E-state index contributed by atoms with van der Waals surface area (Å²) in [7, 11) is 0. The Morgan fingerprint density at radius 1 is 1.42 bits per heavy atom. The fraction of sp³-hybridized carbons (Fsp3) is 0.167. The molecule has 2 N–H and O–H groups in total. The number of alkyl halides is 1. The smallest absolute Gasteiger partial charge is 0.168 e. The molecule has 0 fully saturated rings. The van der Waals surface area contributed by atoms with Crippen LogP contribution in [0.5, 0.6) is 0 Å². The Morgan fingerprint density at radius 2 is 2.25 bits per heavy atom. The molecule has 2 aliphatic heterocycles. The predicted octanol–water partition coefficient (Wildman–Crippen LogP) is 0.287. The van der Waals surface area contributed by atoms with E-state index in [0.29, 0.717) is 11.5 Å². The number of nitrogens with two attached hydrogens (primary N) is 1. The van der Waals surface area contributed by atoms with E-state index in [1.165, 1.54) is 17.2 Å². The molecule has 12 heavy (non-hydrogen) atoms. The van der Waals surface area contributed by atoms with Crippen molar-refractivity contribution >= 4 is 5.82 Å².